The summed E-state index contributed by atoms with van der Waals surface area (Å²) in [5.41, 5.74) is 0. The summed E-state index contributed by atoms with van der Waals surface area (Å²) in [5.74, 6) is 0.700. The standard InChI is InChI=1S/C15H21ClN2O3/c1-18(15(19)10-12-11-17-6-8-20-12)7-9-21-14-5-3-2-4-13(14)16/h2-5,12,17H,6-11H2,1H3. The Morgan fingerprint density at radius 3 is 3.05 bits per heavy atom. The third-order valence-electron chi connectivity index (χ3n) is 3.35. The Bertz CT molecular complexity index is 464. The Hall–Kier alpha value is -1.30. The third kappa shape index (κ3) is 5.19. The second-order valence-electron chi connectivity index (χ2n) is 5.00. The predicted octanol–water partition coefficient (Wildman–Crippen LogP) is 1.56. The Kier molecular flexibility index (Phi) is 6.29. The Balaban J connectivity index is 1.70. The monoisotopic (exact) mass is 312 g/mol. The smallest absolute Gasteiger partial charge is 0.225 e. The fourth-order valence-electron chi connectivity index (χ4n) is 2.08. The zero-order valence-corrected chi connectivity index (χ0v) is 12.9. The molecule has 0 bridgehead atoms. The molecule has 6 heteroatoms. The van der Waals surface area contributed by atoms with E-state index in [4.69, 9.17) is 21.1 Å². The second-order valence-corrected chi connectivity index (χ2v) is 5.40. The van der Waals surface area contributed by atoms with Crippen LogP contribution in [0.1, 0.15) is 6.42 Å². The number of nitrogens with zero attached hydrogens (tertiary/aromatic N) is 1. The molecule has 1 unspecified atom stereocenters. The highest BCUT2D eigenvalue weighted by Gasteiger charge is 2.19. The van der Waals surface area contributed by atoms with Gasteiger partial charge in [-0.1, -0.05) is 23.7 Å². The summed E-state index contributed by atoms with van der Waals surface area (Å²) in [4.78, 5) is 13.7. The van der Waals surface area contributed by atoms with E-state index in [1.165, 1.54) is 0 Å². The topological polar surface area (TPSA) is 50.8 Å². The average molecular weight is 313 g/mol. The van der Waals surface area contributed by atoms with Crippen LogP contribution in [0, 0.1) is 0 Å². The first-order chi connectivity index (χ1) is 10.2. The van der Waals surface area contributed by atoms with Crippen molar-refractivity contribution in [3.05, 3.63) is 29.3 Å². The molecule has 1 saturated heterocycles. The molecule has 1 aromatic rings. The highest BCUT2D eigenvalue weighted by Crippen LogP contribution is 2.22. The molecule has 2 rings (SSSR count). The van der Waals surface area contributed by atoms with Crippen LogP contribution in [0.2, 0.25) is 5.02 Å². The highest BCUT2D eigenvalue weighted by molar-refractivity contribution is 6.32. The number of hydrogen-bond acceptors (Lipinski definition) is 4. The largest absolute Gasteiger partial charge is 0.490 e. The number of amides is 1. The van der Waals surface area contributed by atoms with E-state index in [0.29, 0.717) is 37.0 Å². The molecule has 1 amide bonds. The summed E-state index contributed by atoms with van der Waals surface area (Å²) in [7, 11) is 1.77. The molecule has 0 spiro atoms. The van der Waals surface area contributed by atoms with Crippen molar-refractivity contribution in [2.75, 3.05) is 39.9 Å². The first kappa shape index (κ1) is 16.1. The first-order valence-corrected chi connectivity index (χ1v) is 7.48. The van der Waals surface area contributed by atoms with E-state index in [1.54, 1.807) is 18.0 Å². The van der Waals surface area contributed by atoms with Crippen LogP contribution in [0.3, 0.4) is 0 Å². The molecule has 0 radical (unpaired) electrons. The lowest BCUT2D eigenvalue weighted by atomic mass is 10.2. The average Bonchev–Trinajstić information content (AvgIpc) is 2.50. The molecule has 1 atom stereocenters. The third-order valence-corrected chi connectivity index (χ3v) is 3.67. The van der Waals surface area contributed by atoms with Crippen molar-refractivity contribution in [2.45, 2.75) is 12.5 Å². The lowest BCUT2D eigenvalue weighted by Gasteiger charge is -2.25. The Morgan fingerprint density at radius 1 is 1.52 bits per heavy atom. The maximum atomic E-state index is 12.1. The van der Waals surface area contributed by atoms with Crippen LogP contribution < -0.4 is 10.1 Å². The first-order valence-electron chi connectivity index (χ1n) is 7.10. The van der Waals surface area contributed by atoms with Gasteiger partial charge in [-0.05, 0) is 12.1 Å². The molecular weight excluding hydrogens is 292 g/mol. The zero-order chi connectivity index (χ0) is 15.1. The highest BCUT2D eigenvalue weighted by atomic mass is 35.5. The quantitative estimate of drug-likeness (QED) is 0.866. The molecule has 0 saturated carbocycles. The van der Waals surface area contributed by atoms with E-state index in [2.05, 4.69) is 5.32 Å². The van der Waals surface area contributed by atoms with Gasteiger partial charge in [0.25, 0.3) is 0 Å². The number of hydrogen-bond donors (Lipinski definition) is 1. The van der Waals surface area contributed by atoms with Crippen LogP contribution >= 0.6 is 11.6 Å². The molecule has 1 aliphatic rings. The van der Waals surface area contributed by atoms with Gasteiger partial charge in [0.05, 0.1) is 30.7 Å². The van der Waals surface area contributed by atoms with Crippen molar-refractivity contribution >= 4 is 17.5 Å². The summed E-state index contributed by atoms with van der Waals surface area (Å²) >= 11 is 6.00. The van der Waals surface area contributed by atoms with Crippen molar-refractivity contribution in [2.24, 2.45) is 0 Å². The van der Waals surface area contributed by atoms with Gasteiger partial charge in [-0.3, -0.25) is 4.79 Å². The number of carbonyl (C=O) groups is 1. The van der Waals surface area contributed by atoms with Crippen molar-refractivity contribution < 1.29 is 14.3 Å². The van der Waals surface area contributed by atoms with Crippen molar-refractivity contribution in [3.8, 4) is 5.75 Å². The number of ether oxygens (including phenoxy) is 2. The van der Waals surface area contributed by atoms with E-state index in [-0.39, 0.29) is 12.0 Å². The number of para-hydroxylation sites is 1. The Labute approximate surface area is 130 Å². The molecule has 0 aromatic heterocycles. The molecule has 1 N–H and O–H groups in total. The van der Waals surface area contributed by atoms with Crippen LogP contribution in [0.5, 0.6) is 5.75 Å². The van der Waals surface area contributed by atoms with Gasteiger partial charge in [-0.2, -0.15) is 0 Å². The molecule has 21 heavy (non-hydrogen) atoms. The van der Waals surface area contributed by atoms with Gasteiger partial charge in [-0.15, -0.1) is 0 Å². The van der Waals surface area contributed by atoms with Crippen LogP contribution in [0.25, 0.3) is 0 Å². The maximum Gasteiger partial charge on any atom is 0.225 e. The van der Waals surface area contributed by atoms with Crippen LogP contribution in [-0.4, -0.2) is 56.8 Å². The summed E-state index contributed by atoms with van der Waals surface area (Å²) in [6.45, 7) is 3.18. The van der Waals surface area contributed by atoms with Crippen molar-refractivity contribution in [3.63, 3.8) is 0 Å². The molecule has 1 aliphatic heterocycles. The normalized spacial score (nSPS) is 18.3. The van der Waals surface area contributed by atoms with Crippen LogP contribution in [-0.2, 0) is 9.53 Å². The molecule has 0 aliphatic carbocycles. The van der Waals surface area contributed by atoms with Gasteiger partial charge >= 0.3 is 0 Å². The van der Waals surface area contributed by atoms with Gasteiger partial charge in [0.15, 0.2) is 0 Å². The van der Waals surface area contributed by atoms with Crippen LogP contribution in [0.4, 0.5) is 0 Å². The Morgan fingerprint density at radius 2 is 2.33 bits per heavy atom. The van der Waals surface area contributed by atoms with E-state index in [9.17, 15) is 4.79 Å². The van der Waals surface area contributed by atoms with Gasteiger partial charge in [-0.25, -0.2) is 0 Å². The minimum atomic E-state index is -0.0295. The van der Waals surface area contributed by atoms with Gasteiger partial charge in [0, 0.05) is 20.1 Å². The summed E-state index contributed by atoms with van der Waals surface area (Å²) in [5, 5.41) is 3.79. The molecule has 116 valence electrons. The predicted molar refractivity (Wildman–Crippen MR) is 81.8 cm³/mol. The number of rotatable bonds is 6. The van der Waals surface area contributed by atoms with Gasteiger partial charge in [0.2, 0.25) is 5.91 Å². The van der Waals surface area contributed by atoms with E-state index >= 15 is 0 Å². The number of benzene rings is 1. The van der Waals surface area contributed by atoms with Crippen LogP contribution in [0.15, 0.2) is 24.3 Å². The minimum absolute atomic E-state index is 0.0295. The van der Waals surface area contributed by atoms with Gasteiger partial charge < -0.3 is 19.7 Å². The van der Waals surface area contributed by atoms with Gasteiger partial charge in [0.1, 0.15) is 12.4 Å². The summed E-state index contributed by atoms with van der Waals surface area (Å²) in [6.07, 6.45) is 0.369. The van der Waals surface area contributed by atoms with Crippen molar-refractivity contribution in [1.29, 1.82) is 0 Å². The molecule has 5 nitrogen and oxygen atoms in total. The molecule has 1 fully saturated rings. The minimum Gasteiger partial charge on any atom is -0.490 e. The lowest BCUT2D eigenvalue weighted by Crippen LogP contribution is -2.42. The fourth-order valence-corrected chi connectivity index (χ4v) is 2.27. The maximum absolute atomic E-state index is 12.1. The number of carbonyl (C=O) groups excluding carboxylic acids is 1. The number of halogens is 1. The summed E-state index contributed by atoms with van der Waals surface area (Å²) < 4.78 is 11.1. The number of nitrogens with one attached hydrogen (secondary N) is 1. The SMILES string of the molecule is CN(CCOc1ccccc1Cl)C(=O)CC1CNCCO1. The van der Waals surface area contributed by atoms with Crippen molar-refractivity contribution in [1.82, 2.24) is 10.2 Å². The van der Waals surface area contributed by atoms with E-state index < -0.39 is 0 Å². The molecule has 1 aromatic carbocycles. The number of morpholine rings is 1. The fraction of sp³-hybridized carbons (Fsp3) is 0.533. The number of likely N-dealkylation sites (N-methyl/N-ethyl adjacent to an activating group) is 1. The zero-order valence-electron chi connectivity index (χ0n) is 12.2. The van der Waals surface area contributed by atoms with E-state index in [1.807, 2.05) is 18.2 Å². The lowest BCUT2D eigenvalue weighted by molar-refractivity contribution is -0.133. The molecule has 1 heterocycles. The summed E-state index contributed by atoms with van der Waals surface area (Å²) in [6, 6.07) is 7.30. The molecular formula is C15H21ClN2O3. The second kappa shape index (κ2) is 8.22. The van der Waals surface area contributed by atoms with E-state index in [0.717, 1.165) is 13.1 Å².